The second-order valence-corrected chi connectivity index (χ2v) is 3.34. The monoisotopic (exact) mass is 217 g/mol. The molecule has 0 radical (unpaired) electrons. The molecule has 1 aromatic rings. The standard InChI is InChI=1S/C9H9Cl2NO/c1-12-5-8(13)6-3-2-4-7(10)9(6)11/h2-4,12H,5H2,1H3. The number of hydrogen-bond donors (Lipinski definition) is 1. The van der Waals surface area contributed by atoms with E-state index in [1.54, 1.807) is 25.2 Å². The number of Topliss-reactive ketones (excluding diaryl/α,β-unsaturated/α-hetero) is 1. The molecule has 0 aliphatic heterocycles. The van der Waals surface area contributed by atoms with Gasteiger partial charge in [-0.1, -0.05) is 29.3 Å². The maximum atomic E-state index is 11.4. The molecule has 0 saturated carbocycles. The van der Waals surface area contributed by atoms with Crippen LogP contribution < -0.4 is 5.32 Å². The van der Waals surface area contributed by atoms with Gasteiger partial charge in [0.05, 0.1) is 16.6 Å². The van der Waals surface area contributed by atoms with Crippen LogP contribution in [0.25, 0.3) is 0 Å². The molecule has 0 aromatic heterocycles. The predicted octanol–water partition coefficient (Wildman–Crippen LogP) is 2.40. The fourth-order valence-corrected chi connectivity index (χ4v) is 1.38. The highest BCUT2D eigenvalue weighted by Crippen LogP contribution is 2.25. The summed E-state index contributed by atoms with van der Waals surface area (Å²) in [6, 6.07) is 5.02. The number of benzene rings is 1. The third kappa shape index (κ3) is 2.44. The van der Waals surface area contributed by atoms with Gasteiger partial charge in [-0.25, -0.2) is 0 Å². The Kier molecular flexibility index (Phi) is 3.72. The first-order valence-electron chi connectivity index (χ1n) is 3.78. The quantitative estimate of drug-likeness (QED) is 0.789. The van der Waals surface area contributed by atoms with Gasteiger partial charge in [0.2, 0.25) is 0 Å². The zero-order valence-corrected chi connectivity index (χ0v) is 8.62. The SMILES string of the molecule is CNCC(=O)c1cccc(Cl)c1Cl. The normalized spacial score (nSPS) is 10.1. The summed E-state index contributed by atoms with van der Waals surface area (Å²) in [6.07, 6.45) is 0. The third-order valence-corrected chi connectivity index (χ3v) is 2.41. The van der Waals surface area contributed by atoms with E-state index in [0.29, 0.717) is 15.6 Å². The number of carbonyl (C=O) groups excluding carboxylic acids is 1. The van der Waals surface area contributed by atoms with E-state index in [1.807, 2.05) is 0 Å². The Morgan fingerprint density at radius 1 is 1.46 bits per heavy atom. The first kappa shape index (κ1) is 10.5. The minimum atomic E-state index is -0.0602. The Morgan fingerprint density at radius 3 is 2.77 bits per heavy atom. The number of ketones is 1. The second-order valence-electron chi connectivity index (χ2n) is 2.55. The second kappa shape index (κ2) is 4.61. The molecule has 13 heavy (non-hydrogen) atoms. The van der Waals surface area contributed by atoms with Crippen molar-refractivity contribution in [3.05, 3.63) is 33.8 Å². The first-order valence-corrected chi connectivity index (χ1v) is 4.54. The van der Waals surface area contributed by atoms with Crippen molar-refractivity contribution in [1.29, 1.82) is 0 Å². The van der Waals surface area contributed by atoms with Crippen molar-refractivity contribution in [2.24, 2.45) is 0 Å². The van der Waals surface area contributed by atoms with Crippen LogP contribution in [0.2, 0.25) is 10.0 Å². The highest BCUT2D eigenvalue weighted by Gasteiger charge is 2.10. The van der Waals surface area contributed by atoms with Crippen molar-refractivity contribution in [2.45, 2.75) is 0 Å². The van der Waals surface area contributed by atoms with Gasteiger partial charge in [-0.3, -0.25) is 4.79 Å². The van der Waals surface area contributed by atoms with Crippen LogP contribution >= 0.6 is 23.2 Å². The van der Waals surface area contributed by atoms with Gasteiger partial charge in [-0.05, 0) is 19.2 Å². The molecule has 0 amide bonds. The number of halogens is 2. The zero-order valence-electron chi connectivity index (χ0n) is 7.10. The molecule has 70 valence electrons. The van der Waals surface area contributed by atoms with Crippen LogP contribution in [0.1, 0.15) is 10.4 Å². The number of hydrogen-bond acceptors (Lipinski definition) is 2. The maximum Gasteiger partial charge on any atom is 0.178 e. The molecule has 0 bridgehead atoms. The van der Waals surface area contributed by atoms with Gasteiger partial charge in [-0.15, -0.1) is 0 Å². The van der Waals surface area contributed by atoms with E-state index in [9.17, 15) is 4.79 Å². The van der Waals surface area contributed by atoms with E-state index < -0.39 is 0 Å². The Balaban J connectivity index is 3.01. The molecule has 0 aliphatic carbocycles. The Bertz CT molecular complexity index is 325. The van der Waals surface area contributed by atoms with Crippen LogP contribution in [0.5, 0.6) is 0 Å². The van der Waals surface area contributed by atoms with Crippen molar-refractivity contribution in [2.75, 3.05) is 13.6 Å². The smallest absolute Gasteiger partial charge is 0.178 e. The number of nitrogens with one attached hydrogen (secondary N) is 1. The summed E-state index contributed by atoms with van der Waals surface area (Å²) in [7, 11) is 1.70. The zero-order chi connectivity index (χ0) is 9.84. The van der Waals surface area contributed by atoms with Gasteiger partial charge in [0.1, 0.15) is 0 Å². The number of carbonyl (C=O) groups is 1. The molecule has 1 N–H and O–H groups in total. The fraction of sp³-hybridized carbons (Fsp3) is 0.222. The molecule has 0 fully saturated rings. The van der Waals surface area contributed by atoms with E-state index in [4.69, 9.17) is 23.2 Å². The van der Waals surface area contributed by atoms with Gasteiger partial charge in [0.15, 0.2) is 5.78 Å². The highest BCUT2D eigenvalue weighted by atomic mass is 35.5. The van der Waals surface area contributed by atoms with Crippen LogP contribution in [0.4, 0.5) is 0 Å². The van der Waals surface area contributed by atoms with Crippen molar-refractivity contribution < 1.29 is 4.79 Å². The average molecular weight is 218 g/mol. The van der Waals surface area contributed by atoms with Gasteiger partial charge in [0, 0.05) is 5.56 Å². The van der Waals surface area contributed by atoms with Crippen molar-refractivity contribution in [3.63, 3.8) is 0 Å². The van der Waals surface area contributed by atoms with Gasteiger partial charge in [0.25, 0.3) is 0 Å². The van der Waals surface area contributed by atoms with Crippen molar-refractivity contribution in [1.82, 2.24) is 5.32 Å². The molecule has 2 nitrogen and oxygen atoms in total. The number of rotatable bonds is 3. The summed E-state index contributed by atoms with van der Waals surface area (Å²) >= 11 is 11.6. The van der Waals surface area contributed by atoms with E-state index in [0.717, 1.165) is 0 Å². The lowest BCUT2D eigenvalue weighted by Crippen LogP contribution is -2.18. The molecule has 0 heterocycles. The molecule has 0 atom stereocenters. The summed E-state index contributed by atoms with van der Waals surface area (Å²) in [5, 5.41) is 3.49. The van der Waals surface area contributed by atoms with E-state index >= 15 is 0 Å². The topological polar surface area (TPSA) is 29.1 Å². The lowest BCUT2D eigenvalue weighted by molar-refractivity contribution is 0.0994. The minimum Gasteiger partial charge on any atom is -0.313 e. The maximum absolute atomic E-state index is 11.4. The Morgan fingerprint density at radius 2 is 2.15 bits per heavy atom. The van der Waals surface area contributed by atoms with Crippen LogP contribution in [-0.4, -0.2) is 19.4 Å². The molecule has 1 aromatic carbocycles. The minimum absolute atomic E-state index is 0.0602. The van der Waals surface area contributed by atoms with E-state index in [2.05, 4.69) is 5.32 Å². The largest absolute Gasteiger partial charge is 0.313 e. The van der Waals surface area contributed by atoms with Crippen LogP contribution in [0.3, 0.4) is 0 Å². The first-order chi connectivity index (χ1) is 6.16. The van der Waals surface area contributed by atoms with Gasteiger partial charge >= 0.3 is 0 Å². The van der Waals surface area contributed by atoms with Crippen LogP contribution in [0.15, 0.2) is 18.2 Å². The Hall–Kier alpha value is -0.570. The van der Waals surface area contributed by atoms with Crippen LogP contribution in [-0.2, 0) is 0 Å². The highest BCUT2D eigenvalue weighted by molar-refractivity contribution is 6.43. The fourth-order valence-electron chi connectivity index (χ4n) is 0.975. The number of likely N-dealkylation sites (N-methyl/N-ethyl adjacent to an activating group) is 1. The summed E-state index contributed by atoms with van der Waals surface area (Å²) in [5.41, 5.74) is 0.462. The van der Waals surface area contributed by atoms with Gasteiger partial charge < -0.3 is 5.32 Å². The lowest BCUT2D eigenvalue weighted by atomic mass is 10.1. The molecule has 0 saturated heterocycles. The molecular weight excluding hydrogens is 209 g/mol. The Labute approximate surface area is 86.8 Å². The molecule has 0 unspecified atom stereocenters. The summed E-state index contributed by atoms with van der Waals surface area (Å²) in [4.78, 5) is 11.4. The molecule has 1 rings (SSSR count). The summed E-state index contributed by atoms with van der Waals surface area (Å²) < 4.78 is 0. The average Bonchev–Trinajstić information content (AvgIpc) is 2.10. The lowest BCUT2D eigenvalue weighted by Gasteiger charge is -2.03. The van der Waals surface area contributed by atoms with Crippen LogP contribution in [0, 0.1) is 0 Å². The van der Waals surface area contributed by atoms with Crippen molar-refractivity contribution in [3.8, 4) is 0 Å². The summed E-state index contributed by atoms with van der Waals surface area (Å²) in [6.45, 7) is 0.264. The molecule has 0 spiro atoms. The predicted molar refractivity (Wildman–Crippen MR) is 54.7 cm³/mol. The van der Waals surface area contributed by atoms with E-state index in [1.165, 1.54) is 0 Å². The van der Waals surface area contributed by atoms with Gasteiger partial charge in [-0.2, -0.15) is 0 Å². The third-order valence-electron chi connectivity index (χ3n) is 1.59. The molecular formula is C9H9Cl2NO. The summed E-state index contributed by atoms with van der Waals surface area (Å²) in [5.74, 6) is -0.0602. The van der Waals surface area contributed by atoms with Crippen molar-refractivity contribution >= 4 is 29.0 Å². The molecule has 4 heteroatoms. The molecule has 0 aliphatic rings. The van der Waals surface area contributed by atoms with E-state index in [-0.39, 0.29) is 12.3 Å².